The Labute approximate surface area is 96.4 Å². The van der Waals surface area contributed by atoms with Gasteiger partial charge in [0.05, 0.1) is 12.6 Å². The van der Waals surface area contributed by atoms with Crippen molar-refractivity contribution < 1.29 is 5.11 Å². The van der Waals surface area contributed by atoms with E-state index < -0.39 is 0 Å². The number of aliphatic hydroxyl groups excluding tert-OH is 1. The fourth-order valence-electron chi connectivity index (χ4n) is 1.19. The fraction of sp³-hybridized carbons (Fsp3) is 0.143. The minimum absolute atomic E-state index is 0.00398. The second-order valence-corrected chi connectivity index (χ2v) is 3.35. The van der Waals surface area contributed by atoms with E-state index >= 15 is 0 Å². The third-order valence-electron chi connectivity index (χ3n) is 2.09. The molecule has 0 radical (unpaired) electrons. The third-order valence-corrected chi connectivity index (χ3v) is 2.09. The number of rotatable bonds is 2. The summed E-state index contributed by atoms with van der Waals surface area (Å²) in [5.41, 5.74) is 6.52. The molecule has 0 heterocycles. The highest BCUT2D eigenvalue weighted by Gasteiger charge is 2.00. The van der Waals surface area contributed by atoms with Crippen LogP contribution in [-0.2, 0) is 0 Å². The van der Waals surface area contributed by atoms with Crippen LogP contribution in [0.2, 0.25) is 0 Å². The van der Waals surface area contributed by atoms with Gasteiger partial charge in [0, 0.05) is 0 Å². The van der Waals surface area contributed by atoms with E-state index in [4.69, 9.17) is 10.8 Å². The second-order valence-electron chi connectivity index (χ2n) is 3.35. The van der Waals surface area contributed by atoms with Crippen LogP contribution in [0.3, 0.4) is 0 Å². The van der Waals surface area contributed by atoms with Crippen molar-refractivity contribution in [2.45, 2.75) is 6.04 Å². The Morgan fingerprint density at radius 3 is 1.56 bits per heavy atom. The van der Waals surface area contributed by atoms with Crippen molar-refractivity contribution in [2.75, 3.05) is 6.61 Å². The molecule has 0 aliphatic carbocycles. The smallest absolute Gasteiger partial charge is 0.0624 e. The highest BCUT2D eigenvalue weighted by Crippen LogP contribution is 2.06. The highest BCUT2D eigenvalue weighted by atomic mass is 16.3. The van der Waals surface area contributed by atoms with Crippen molar-refractivity contribution in [3.8, 4) is 0 Å². The van der Waals surface area contributed by atoms with Crippen molar-refractivity contribution in [1.82, 2.24) is 0 Å². The summed E-state index contributed by atoms with van der Waals surface area (Å²) in [5.74, 6) is 0. The quantitative estimate of drug-likeness (QED) is 0.807. The first-order valence-corrected chi connectivity index (χ1v) is 5.26. The van der Waals surface area contributed by atoms with Crippen LogP contribution in [0.15, 0.2) is 66.7 Å². The lowest BCUT2D eigenvalue weighted by Crippen LogP contribution is -2.13. The molecule has 0 fully saturated rings. The molecule has 1 atom stereocenters. The van der Waals surface area contributed by atoms with Gasteiger partial charge in [-0.3, -0.25) is 0 Å². The highest BCUT2D eigenvalue weighted by molar-refractivity contribution is 5.18. The molecule has 2 rings (SSSR count). The monoisotopic (exact) mass is 215 g/mol. The van der Waals surface area contributed by atoms with Crippen LogP contribution in [-0.4, -0.2) is 11.7 Å². The second kappa shape index (κ2) is 7.63. The molecule has 2 aromatic carbocycles. The van der Waals surface area contributed by atoms with E-state index in [1.54, 1.807) is 0 Å². The average Bonchev–Trinajstić information content (AvgIpc) is 2.41. The first kappa shape index (κ1) is 12.4. The SMILES string of the molecule is NC(CO)c1ccccc1.c1ccccc1. The van der Waals surface area contributed by atoms with Gasteiger partial charge >= 0.3 is 0 Å². The molecule has 3 N–H and O–H groups in total. The number of nitrogens with two attached hydrogens (primary N) is 1. The first-order chi connectivity index (χ1) is 7.84. The van der Waals surface area contributed by atoms with Crippen LogP contribution >= 0.6 is 0 Å². The Morgan fingerprint density at radius 2 is 1.19 bits per heavy atom. The average molecular weight is 215 g/mol. The lowest BCUT2D eigenvalue weighted by molar-refractivity contribution is 0.268. The van der Waals surface area contributed by atoms with Crippen molar-refractivity contribution in [3.63, 3.8) is 0 Å². The molecular formula is C14H17NO. The Kier molecular flexibility index (Phi) is 5.92. The zero-order valence-corrected chi connectivity index (χ0v) is 9.16. The predicted molar refractivity (Wildman–Crippen MR) is 66.9 cm³/mol. The third kappa shape index (κ3) is 4.73. The van der Waals surface area contributed by atoms with Crippen LogP contribution in [0.4, 0.5) is 0 Å². The number of aliphatic hydroxyl groups is 1. The number of hydrogen-bond acceptors (Lipinski definition) is 2. The summed E-state index contributed by atoms with van der Waals surface area (Å²) in [6, 6.07) is 21.3. The standard InChI is InChI=1S/C8H11NO.C6H6/c9-8(6-10)7-4-2-1-3-5-7;1-2-4-6-5-3-1/h1-5,8,10H,6,9H2;1-6H. The van der Waals surface area contributed by atoms with Gasteiger partial charge in [-0.1, -0.05) is 66.7 Å². The van der Waals surface area contributed by atoms with Crippen molar-refractivity contribution in [3.05, 3.63) is 72.3 Å². The van der Waals surface area contributed by atoms with E-state index in [0.29, 0.717) is 0 Å². The molecule has 0 saturated heterocycles. The van der Waals surface area contributed by atoms with Gasteiger partial charge < -0.3 is 10.8 Å². The maximum Gasteiger partial charge on any atom is 0.0624 e. The van der Waals surface area contributed by atoms with Crippen molar-refractivity contribution in [1.29, 1.82) is 0 Å². The Hall–Kier alpha value is -1.64. The maximum absolute atomic E-state index is 8.66. The molecule has 2 heteroatoms. The van der Waals surface area contributed by atoms with E-state index in [0.717, 1.165) is 5.56 Å². The zero-order valence-electron chi connectivity index (χ0n) is 9.16. The Balaban J connectivity index is 0.000000181. The summed E-state index contributed by atoms with van der Waals surface area (Å²) in [4.78, 5) is 0. The van der Waals surface area contributed by atoms with Crippen LogP contribution in [0.25, 0.3) is 0 Å². The van der Waals surface area contributed by atoms with Gasteiger partial charge in [0.2, 0.25) is 0 Å². The zero-order chi connectivity index (χ0) is 11.6. The maximum atomic E-state index is 8.66. The predicted octanol–water partition coefficient (Wildman–Crippen LogP) is 2.37. The van der Waals surface area contributed by atoms with Crippen LogP contribution in [0.1, 0.15) is 11.6 Å². The lowest BCUT2D eigenvalue weighted by Gasteiger charge is -2.06. The van der Waals surface area contributed by atoms with Gasteiger partial charge in [-0.2, -0.15) is 0 Å². The molecule has 1 unspecified atom stereocenters. The first-order valence-electron chi connectivity index (χ1n) is 5.26. The van der Waals surface area contributed by atoms with Crippen molar-refractivity contribution >= 4 is 0 Å². The van der Waals surface area contributed by atoms with E-state index in [-0.39, 0.29) is 12.6 Å². The largest absolute Gasteiger partial charge is 0.394 e. The van der Waals surface area contributed by atoms with Gasteiger partial charge in [0.15, 0.2) is 0 Å². The molecule has 0 bridgehead atoms. The number of hydrogen-bond donors (Lipinski definition) is 2. The molecule has 0 aliphatic heterocycles. The normalized spacial score (nSPS) is 11.1. The van der Waals surface area contributed by atoms with Crippen molar-refractivity contribution in [2.24, 2.45) is 5.73 Å². The van der Waals surface area contributed by atoms with Crippen LogP contribution in [0.5, 0.6) is 0 Å². The molecule has 84 valence electrons. The summed E-state index contributed by atoms with van der Waals surface area (Å²) < 4.78 is 0. The summed E-state index contributed by atoms with van der Waals surface area (Å²) in [6.07, 6.45) is 0. The molecule has 0 saturated carbocycles. The molecular weight excluding hydrogens is 198 g/mol. The summed E-state index contributed by atoms with van der Waals surface area (Å²) in [7, 11) is 0. The fourth-order valence-corrected chi connectivity index (χ4v) is 1.19. The molecule has 16 heavy (non-hydrogen) atoms. The van der Waals surface area contributed by atoms with Gasteiger partial charge in [0.1, 0.15) is 0 Å². The van der Waals surface area contributed by atoms with E-state index in [2.05, 4.69) is 0 Å². The molecule has 0 amide bonds. The lowest BCUT2D eigenvalue weighted by atomic mass is 10.1. The van der Waals surface area contributed by atoms with E-state index in [1.165, 1.54) is 0 Å². The molecule has 2 nitrogen and oxygen atoms in total. The Bertz CT molecular complexity index is 334. The van der Waals surface area contributed by atoms with Gasteiger partial charge in [-0.15, -0.1) is 0 Å². The molecule has 0 aromatic heterocycles. The van der Waals surface area contributed by atoms with Crippen LogP contribution in [0, 0.1) is 0 Å². The molecule has 0 spiro atoms. The molecule has 0 aliphatic rings. The van der Waals surface area contributed by atoms with Crippen LogP contribution < -0.4 is 5.73 Å². The summed E-state index contributed by atoms with van der Waals surface area (Å²) >= 11 is 0. The van der Waals surface area contributed by atoms with Gasteiger partial charge in [-0.25, -0.2) is 0 Å². The summed E-state index contributed by atoms with van der Waals surface area (Å²) in [5, 5.41) is 8.66. The molecule has 2 aromatic rings. The minimum Gasteiger partial charge on any atom is -0.394 e. The van der Waals surface area contributed by atoms with E-state index in [9.17, 15) is 0 Å². The van der Waals surface area contributed by atoms with Gasteiger partial charge in [-0.05, 0) is 5.56 Å². The number of benzene rings is 2. The Morgan fingerprint density at radius 1 is 0.812 bits per heavy atom. The topological polar surface area (TPSA) is 46.2 Å². The van der Waals surface area contributed by atoms with Gasteiger partial charge in [0.25, 0.3) is 0 Å². The minimum atomic E-state index is -0.235. The summed E-state index contributed by atoms with van der Waals surface area (Å²) in [6.45, 7) is 0.00398. The van der Waals surface area contributed by atoms with E-state index in [1.807, 2.05) is 66.7 Å².